The molecule has 0 atom stereocenters. The molecule has 1 heterocycles. The van der Waals surface area contributed by atoms with Gasteiger partial charge in [-0.3, -0.25) is 14.5 Å². The fraction of sp³-hybridized carbons (Fsp3) is 0.636. The van der Waals surface area contributed by atoms with E-state index in [0.717, 1.165) is 13.0 Å². The van der Waals surface area contributed by atoms with Crippen molar-refractivity contribution in [2.45, 2.75) is 13.3 Å². The smallest absolute Gasteiger partial charge is 0.317 e. The molecule has 1 N–H and O–H groups in total. The highest BCUT2D eigenvalue weighted by molar-refractivity contribution is 5.87. The second kappa shape index (κ2) is 6.27. The van der Waals surface area contributed by atoms with Crippen LogP contribution in [0, 0.1) is 0 Å². The SMILES string of the molecule is CC=CC(=O)N1CCCN(CC(=O)O)CC1. The van der Waals surface area contributed by atoms with Crippen LogP contribution in [0.5, 0.6) is 0 Å². The van der Waals surface area contributed by atoms with Crippen molar-refractivity contribution in [2.24, 2.45) is 0 Å². The Kier molecular flexibility index (Phi) is 4.98. The highest BCUT2D eigenvalue weighted by Crippen LogP contribution is 2.03. The minimum Gasteiger partial charge on any atom is -0.480 e. The lowest BCUT2D eigenvalue weighted by molar-refractivity contribution is -0.138. The molecule has 1 saturated heterocycles. The Bertz CT molecular complexity index is 289. The van der Waals surface area contributed by atoms with Crippen LogP contribution in [-0.4, -0.2) is 59.5 Å². The topological polar surface area (TPSA) is 60.9 Å². The van der Waals surface area contributed by atoms with Gasteiger partial charge in [0.05, 0.1) is 6.54 Å². The molecule has 0 bridgehead atoms. The summed E-state index contributed by atoms with van der Waals surface area (Å²) in [6.45, 7) is 4.56. The summed E-state index contributed by atoms with van der Waals surface area (Å²) in [6, 6.07) is 0. The number of carboxylic acids is 1. The Balaban J connectivity index is 2.45. The molecule has 5 heteroatoms. The van der Waals surface area contributed by atoms with Crippen LogP contribution in [0.2, 0.25) is 0 Å². The summed E-state index contributed by atoms with van der Waals surface area (Å²) in [7, 11) is 0. The van der Waals surface area contributed by atoms with Crippen molar-refractivity contribution in [3.05, 3.63) is 12.2 Å². The summed E-state index contributed by atoms with van der Waals surface area (Å²) >= 11 is 0. The molecule has 0 radical (unpaired) electrons. The molecule has 0 aromatic heterocycles. The fourth-order valence-corrected chi connectivity index (χ4v) is 1.79. The lowest BCUT2D eigenvalue weighted by atomic mass is 10.3. The third-order valence-electron chi connectivity index (χ3n) is 2.57. The van der Waals surface area contributed by atoms with E-state index in [4.69, 9.17) is 5.11 Å². The van der Waals surface area contributed by atoms with E-state index in [1.807, 2.05) is 11.8 Å². The van der Waals surface area contributed by atoms with Gasteiger partial charge >= 0.3 is 5.97 Å². The van der Waals surface area contributed by atoms with Crippen LogP contribution in [0.3, 0.4) is 0 Å². The quantitative estimate of drug-likeness (QED) is 0.697. The molecule has 0 aromatic carbocycles. The zero-order valence-corrected chi connectivity index (χ0v) is 9.56. The average molecular weight is 226 g/mol. The van der Waals surface area contributed by atoms with Crippen molar-refractivity contribution in [3.63, 3.8) is 0 Å². The van der Waals surface area contributed by atoms with Crippen LogP contribution in [-0.2, 0) is 9.59 Å². The van der Waals surface area contributed by atoms with Crippen LogP contribution in [0.25, 0.3) is 0 Å². The van der Waals surface area contributed by atoms with E-state index in [2.05, 4.69) is 0 Å². The van der Waals surface area contributed by atoms with Crippen LogP contribution >= 0.6 is 0 Å². The zero-order valence-electron chi connectivity index (χ0n) is 9.56. The number of amides is 1. The molecular weight excluding hydrogens is 208 g/mol. The summed E-state index contributed by atoms with van der Waals surface area (Å²) in [5, 5.41) is 8.68. The van der Waals surface area contributed by atoms with Gasteiger partial charge in [-0.1, -0.05) is 6.08 Å². The third kappa shape index (κ3) is 4.02. The molecule has 1 rings (SSSR count). The van der Waals surface area contributed by atoms with Crippen LogP contribution in [0.15, 0.2) is 12.2 Å². The first-order chi connectivity index (χ1) is 7.63. The van der Waals surface area contributed by atoms with Crippen molar-refractivity contribution in [3.8, 4) is 0 Å². The molecule has 1 aliphatic rings. The zero-order chi connectivity index (χ0) is 12.0. The molecule has 0 aromatic rings. The first-order valence-corrected chi connectivity index (χ1v) is 5.49. The van der Waals surface area contributed by atoms with Gasteiger partial charge in [-0.05, 0) is 19.4 Å². The van der Waals surface area contributed by atoms with Gasteiger partial charge in [0.15, 0.2) is 0 Å². The second-order valence-electron chi connectivity index (χ2n) is 3.85. The van der Waals surface area contributed by atoms with Gasteiger partial charge in [0.1, 0.15) is 0 Å². The van der Waals surface area contributed by atoms with E-state index in [0.29, 0.717) is 19.6 Å². The summed E-state index contributed by atoms with van der Waals surface area (Å²) in [4.78, 5) is 25.8. The molecule has 1 fully saturated rings. The summed E-state index contributed by atoms with van der Waals surface area (Å²) in [5.41, 5.74) is 0. The van der Waals surface area contributed by atoms with Crippen molar-refractivity contribution < 1.29 is 14.7 Å². The fourth-order valence-electron chi connectivity index (χ4n) is 1.79. The highest BCUT2D eigenvalue weighted by Gasteiger charge is 2.18. The van der Waals surface area contributed by atoms with Gasteiger partial charge in [-0.2, -0.15) is 0 Å². The number of aliphatic carboxylic acids is 1. The molecule has 16 heavy (non-hydrogen) atoms. The van der Waals surface area contributed by atoms with E-state index in [1.165, 1.54) is 0 Å². The number of carbonyl (C=O) groups excluding carboxylic acids is 1. The minimum atomic E-state index is -0.812. The number of carboxylic acid groups (broad SMARTS) is 1. The number of nitrogens with zero attached hydrogens (tertiary/aromatic N) is 2. The maximum atomic E-state index is 11.6. The van der Waals surface area contributed by atoms with Gasteiger partial charge in [0, 0.05) is 26.2 Å². The van der Waals surface area contributed by atoms with E-state index < -0.39 is 5.97 Å². The molecule has 1 aliphatic heterocycles. The van der Waals surface area contributed by atoms with E-state index in [1.54, 1.807) is 17.1 Å². The van der Waals surface area contributed by atoms with Crippen LogP contribution < -0.4 is 0 Å². The van der Waals surface area contributed by atoms with E-state index >= 15 is 0 Å². The molecule has 0 unspecified atom stereocenters. The first kappa shape index (κ1) is 12.7. The molecule has 0 spiro atoms. The van der Waals surface area contributed by atoms with E-state index in [-0.39, 0.29) is 12.5 Å². The van der Waals surface area contributed by atoms with Gasteiger partial charge in [-0.15, -0.1) is 0 Å². The molecule has 0 saturated carbocycles. The maximum Gasteiger partial charge on any atom is 0.317 e. The summed E-state index contributed by atoms with van der Waals surface area (Å²) < 4.78 is 0. The van der Waals surface area contributed by atoms with E-state index in [9.17, 15) is 9.59 Å². The predicted molar refractivity (Wildman–Crippen MR) is 60.1 cm³/mol. The van der Waals surface area contributed by atoms with Crippen molar-refractivity contribution in [1.82, 2.24) is 9.80 Å². The second-order valence-corrected chi connectivity index (χ2v) is 3.85. The van der Waals surface area contributed by atoms with Gasteiger partial charge in [0.25, 0.3) is 0 Å². The Morgan fingerprint density at radius 1 is 1.25 bits per heavy atom. The average Bonchev–Trinajstić information content (AvgIpc) is 2.43. The van der Waals surface area contributed by atoms with Gasteiger partial charge in [-0.25, -0.2) is 0 Å². The third-order valence-corrected chi connectivity index (χ3v) is 2.57. The summed E-state index contributed by atoms with van der Waals surface area (Å²) in [6.07, 6.45) is 4.10. The number of carbonyl (C=O) groups is 2. The molecule has 0 aliphatic carbocycles. The molecule has 1 amide bonds. The minimum absolute atomic E-state index is 0.0136. The highest BCUT2D eigenvalue weighted by atomic mass is 16.4. The molecular formula is C11H18N2O3. The maximum absolute atomic E-state index is 11.6. The Labute approximate surface area is 95.3 Å². The van der Waals surface area contributed by atoms with Crippen molar-refractivity contribution >= 4 is 11.9 Å². The van der Waals surface area contributed by atoms with Crippen molar-refractivity contribution in [1.29, 1.82) is 0 Å². The lowest BCUT2D eigenvalue weighted by Crippen LogP contribution is -2.36. The Morgan fingerprint density at radius 3 is 2.62 bits per heavy atom. The monoisotopic (exact) mass is 226 g/mol. The Morgan fingerprint density at radius 2 is 2.00 bits per heavy atom. The van der Waals surface area contributed by atoms with Crippen LogP contribution in [0.1, 0.15) is 13.3 Å². The lowest BCUT2D eigenvalue weighted by Gasteiger charge is -2.19. The molecule has 5 nitrogen and oxygen atoms in total. The number of rotatable bonds is 3. The number of allylic oxidation sites excluding steroid dienone is 1. The largest absolute Gasteiger partial charge is 0.480 e. The standard InChI is InChI=1S/C11H18N2O3/c1-2-4-10(14)13-6-3-5-12(7-8-13)9-11(15)16/h2,4H,3,5-9H2,1H3,(H,15,16). The van der Waals surface area contributed by atoms with Gasteiger partial charge in [0.2, 0.25) is 5.91 Å². The van der Waals surface area contributed by atoms with Crippen molar-refractivity contribution in [2.75, 3.05) is 32.7 Å². The molecule has 90 valence electrons. The van der Waals surface area contributed by atoms with Crippen LogP contribution in [0.4, 0.5) is 0 Å². The number of hydrogen-bond donors (Lipinski definition) is 1. The van der Waals surface area contributed by atoms with Gasteiger partial charge < -0.3 is 10.0 Å². The Hall–Kier alpha value is -1.36. The normalized spacial score (nSPS) is 18.7. The summed E-state index contributed by atoms with van der Waals surface area (Å²) in [5.74, 6) is -0.798. The number of hydrogen-bond acceptors (Lipinski definition) is 3. The predicted octanol–water partition coefficient (Wildman–Crippen LogP) is 0.181. The first-order valence-electron chi connectivity index (χ1n) is 5.49.